The molecular formula is C44H46O14. The lowest BCUT2D eigenvalue weighted by molar-refractivity contribution is -0.153. The van der Waals surface area contributed by atoms with Gasteiger partial charge in [0.15, 0.2) is 0 Å². The summed E-state index contributed by atoms with van der Waals surface area (Å²) < 4.78 is 42.8. The third-order valence-corrected chi connectivity index (χ3v) is 7.86. The summed E-state index contributed by atoms with van der Waals surface area (Å²) in [7, 11) is 0. The fraction of sp³-hybridized carbons (Fsp3) is 0.273. The van der Waals surface area contributed by atoms with E-state index in [1.54, 1.807) is 48.5 Å². The second-order valence-corrected chi connectivity index (χ2v) is 12.2. The lowest BCUT2D eigenvalue weighted by atomic mass is 10.1. The summed E-state index contributed by atoms with van der Waals surface area (Å²) in [5.74, 6) is -2.08. The van der Waals surface area contributed by atoms with Gasteiger partial charge < -0.3 is 37.9 Å². The third-order valence-electron chi connectivity index (χ3n) is 7.86. The molecule has 306 valence electrons. The molecule has 0 bridgehead atoms. The predicted molar refractivity (Wildman–Crippen MR) is 210 cm³/mol. The van der Waals surface area contributed by atoms with E-state index < -0.39 is 48.0 Å². The summed E-state index contributed by atoms with van der Waals surface area (Å²) in [6.45, 7) is 13.9. The van der Waals surface area contributed by atoms with Gasteiger partial charge in [0.25, 0.3) is 0 Å². The molecule has 0 N–H and O–H groups in total. The first kappa shape index (κ1) is 45.4. The van der Waals surface area contributed by atoms with Gasteiger partial charge in [0.05, 0.1) is 24.3 Å². The number of hydrogen-bond acceptors (Lipinski definition) is 14. The van der Waals surface area contributed by atoms with E-state index in [-0.39, 0.29) is 24.7 Å². The smallest absolute Gasteiger partial charge is 0.343 e. The predicted octanol–water partition coefficient (Wildman–Crippen LogP) is 6.88. The molecule has 0 saturated heterocycles. The standard InChI is InChI=1S/C44H46O14/c1-5-39(45)53-29-37(55-41(47)7-3)13-9-11-27-51-33-19-15-31(16-20-33)43(49)57-35-23-25-36(26-24-35)58-44(50)32-17-21-34(22-18-32)52-28-12-10-14-38(56-42(48)8-4)30-54-40(46)6-2/h5-8,15-26,37-38H,1-4,9-14,27-30H2. The molecule has 0 fully saturated rings. The maximum atomic E-state index is 12.7. The molecule has 0 heterocycles. The lowest BCUT2D eigenvalue weighted by Gasteiger charge is -2.16. The van der Waals surface area contributed by atoms with Crippen LogP contribution in [-0.2, 0) is 38.1 Å². The summed E-state index contributed by atoms with van der Waals surface area (Å²) in [6, 6.07) is 18.8. The maximum Gasteiger partial charge on any atom is 0.343 e. The van der Waals surface area contributed by atoms with Crippen molar-refractivity contribution >= 4 is 35.8 Å². The molecule has 2 unspecified atom stereocenters. The molecule has 0 aliphatic heterocycles. The van der Waals surface area contributed by atoms with Crippen LogP contribution in [0, 0.1) is 0 Å². The SMILES string of the molecule is C=CC(=O)OCC(CCCCOc1ccc(C(=O)Oc2ccc(OC(=O)c3ccc(OCCCCC(COC(=O)C=C)OC(=O)C=C)cc3)cc2)cc1)OC(=O)C=C. The van der Waals surface area contributed by atoms with Crippen molar-refractivity contribution in [3.63, 3.8) is 0 Å². The topological polar surface area (TPSA) is 176 Å². The Kier molecular flexibility index (Phi) is 19.8. The Morgan fingerprint density at radius 2 is 0.776 bits per heavy atom. The number of carbonyl (C=O) groups is 6. The number of unbranched alkanes of at least 4 members (excludes halogenated alkanes) is 2. The van der Waals surface area contributed by atoms with Gasteiger partial charge in [-0.15, -0.1) is 0 Å². The monoisotopic (exact) mass is 798 g/mol. The maximum absolute atomic E-state index is 12.7. The average Bonchev–Trinajstić information content (AvgIpc) is 3.24. The molecule has 0 amide bonds. The highest BCUT2D eigenvalue weighted by Crippen LogP contribution is 2.22. The van der Waals surface area contributed by atoms with E-state index >= 15 is 0 Å². The van der Waals surface area contributed by atoms with Crippen LogP contribution in [0.2, 0.25) is 0 Å². The summed E-state index contributed by atoms with van der Waals surface area (Å²) in [4.78, 5) is 71.3. The van der Waals surface area contributed by atoms with E-state index in [4.69, 9.17) is 37.9 Å². The zero-order chi connectivity index (χ0) is 42.1. The number of benzene rings is 3. The molecule has 0 aliphatic carbocycles. The number of hydrogen-bond donors (Lipinski definition) is 0. The van der Waals surface area contributed by atoms with Crippen molar-refractivity contribution in [2.24, 2.45) is 0 Å². The van der Waals surface area contributed by atoms with E-state index in [2.05, 4.69) is 26.3 Å². The molecule has 0 spiro atoms. The summed E-state index contributed by atoms with van der Waals surface area (Å²) in [5.41, 5.74) is 0.584. The first-order valence-electron chi connectivity index (χ1n) is 18.3. The number of ether oxygens (including phenoxy) is 8. The van der Waals surface area contributed by atoms with Crippen molar-refractivity contribution in [3.8, 4) is 23.0 Å². The van der Waals surface area contributed by atoms with E-state index in [1.165, 1.54) is 24.3 Å². The molecular weight excluding hydrogens is 752 g/mol. The van der Waals surface area contributed by atoms with Crippen molar-refractivity contribution in [3.05, 3.63) is 135 Å². The van der Waals surface area contributed by atoms with Gasteiger partial charge in [-0.25, -0.2) is 28.8 Å². The largest absolute Gasteiger partial charge is 0.494 e. The molecule has 3 rings (SSSR count). The van der Waals surface area contributed by atoms with Crippen LogP contribution >= 0.6 is 0 Å². The first-order valence-corrected chi connectivity index (χ1v) is 18.3. The summed E-state index contributed by atoms with van der Waals surface area (Å²) in [6.07, 6.45) is 6.25. The second-order valence-electron chi connectivity index (χ2n) is 12.2. The van der Waals surface area contributed by atoms with Crippen LogP contribution in [0.4, 0.5) is 0 Å². The molecule has 3 aromatic rings. The molecule has 0 aliphatic rings. The van der Waals surface area contributed by atoms with Crippen molar-refractivity contribution in [1.29, 1.82) is 0 Å². The molecule has 14 heteroatoms. The Hall–Kier alpha value is -6.96. The Bertz CT molecular complexity index is 1730. The van der Waals surface area contributed by atoms with E-state index in [9.17, 15) is 28.8 Å². The molecule has 0 saturated carbocycles. The zero-order valence-electron chi connectivity index (χ0n) is 32.0. The highest BCUT2D eigenvalue weighted by atomic mass is 16.6. The quantitative estimate of drug-likeness (QED) is 0.0270. The van der Waals surface area contributed by atoms with Crippen LogP contribution in [-0.4, -0.2) is 74.5 Å². The molecule has 0 radical (unpaired) electrons. The average molecular weight is 799 g/mol. The fourth-order valence-electron chi connectivity index (χ4n) is 4.86. The van der Waals surface area contributed by atoms with Crippen molar-refractivity contribution in [2.75, 3.05) is 26.4 Å². The van der Waals surface area contributed by atoms with Gasteiger partial charge in [0.2, 0.25) is 0 Å². The molecule has 2 atom stereocenters. The van der Waals surface area contributed by atoms with Crippen LogP contribution in [0.15, 0.2) is 123 Å². The van der Waals surface area contributed by atoms with Crippen molar-refractivity contribution in [1.82, 2.24) is 0 Å². The van der Waals surface area contributed by atoms with E-state index in [1.807, 2.05) is 0 Å². The zero-order valence-corrected chi connectivity index (χ0v) is 32.0. The summed E-state index contributed by atoms with van der Waals surface area (Å²) >= 11 is 0. The third kappa shape index (κ3) is 17.2. The van der Waals surface area contributed by atoms with Crippen LogP contribution < -0.4 is 18.9 Å². The van der Waals surface area contributed by atoms with Crippen LogP contribution in [0.3, 0.4) is 0 Å². The van der Waals surface area contributed by atoms with E-state index in [0.29, 0.717) is 74.4 Å². The lowest BCUT2D eigenvalue weighted by Crippen LogP contribution is -2.24. The fourth-order valence-corrected chi connectivity index (χ4v) is 4.86. The van der Waals surface area contributed by atoms with Crippen molar-refractivity contribution in [2.45, 2.75) is 50.7 Å². The minimum absolute atomic E-state index is 0.0960. The molecule has 0 aromatic heterocycles. The van der Waals surface area contributed by atoms with Crippen molar-refractivity contribution < 1.29 is 66.7 Å². The van der Waals surface area contributed by atoms with Gasteiger partial charge in [-0.05, 0) is 111 Å². The molecule has 3 aromatic carbocycles. The van der Waals surface area contributed by atoms with Gasteiger partial charge in [0, 0.05) is 24.3 Å². The second kappa shape index (κ2) is 25.2. The van der Waals surface area contributed by atoms with Crippen LogP contribution in [0.5, 0.6) is 23.0 Å². The van der Waals surface area contributed by atoms with Gasteiger partial charge in [-0.2, -0.15) is 0 Å². The van der Waals surface area contributed by atoms with Crippen LogP contribution in [0.1, 0.15) is 59.2 Å². The highest BCUT2D eigenvalue weighted by molar-refractivity contribution is 5.92. The minimum atomic E-state index is -0.628. The normalized spacial score (nSPS) is 11.3. The van der Waals surface area contributed by atoms with E-state index in [0.717, 1.165) is 24.3 Å². The van der Waals surface area contributed by atoms with Gasteiger partial charge >= 0.3 is 35.8 Å². The van der Waals surface area contributed by atoms with Crippen LogP contribution in [0.25, 0.3) is 0 Å². The highest BCUT2D eigenvalue weighted by Gasteiger charge is 2.17. The van der Waals surface area contributed by atoms with Gasteiger partial charge in [-0.1, -0.05) is 26.3 Å². The molecule has 58 heavy (non-hydrogen) atoms. The Morgan fingerprint density at radius 3 is 1.10 bits per heavy atom. The van der Waals surface area contributed by atoms with Gasteiger partial charge in [-0.3, -0.25) is 0 Å². The number of carbonyl (C=O) groups excluding carboxylic acids is 6. The summed E-state index contributed by atoms with van der Waals surface area (Å²) in [5, 5.41) is 0. The first-order chi connectivity index (χ1) is 28.0. The number of rotatable bonds is 26. The Morgan fingerprint density at radius 1 is 0.448 bits per heavy atom. The van der Waals surface area contributed by atoms with Gasteiger partial charge in [0.1, 0.15) is 48.4 Å². The molecule has 14 nitrogen and oxygen atoms in total. The Balaban J connectivity index is 1.37. The minimum Gasteiger partial charge on any atom is -0.494 e. The number of esters is 6. The Labute approximate surface area is 336 Å².